The average Bonchev–Trinajstić information content (AvgIpc) is 3.35. The number of aliphatic hydroxyl groups excluding tert-OH is 1. The van der Waals surface area contributed by atoms with Crippen LogP contribution >= 0.6 is 0 Å². The summed E-state index contributed by atoms with van der Waals surface area (Å²) in [4.78, 5) is 30.0. The summed E-state index contributed by atoms with van der Waals surface area (Å²) in [6.07, 6.45) is 6.26. The number of carbonyl (C=O) groups is 2. The summed E-state index contributed by atoms with van der Waals surface area (Å²) in [7, 11) is 0. The summed E-state index contributed by atoms with van der Waals surface area (Å²) in [5.74, 6) is -0.176. The minimum Gasteiger partial charge on any atom is -0.393 e. The molecule has 4 aromatic rings. The fourth-order valence-corrected chi connectivity index (χ4v) is 8.43. The van der Waals surface area contributed by atoms with Crippen molar-refractivity contribution < 1.29 is 19.8 Å². The maximum absolute atomic E-state index is 14.3. The summed E-state index contributed by atoms with van der Waals surface area (Å²) >= 11 is 0. The van der Waals surface area contributed by atoms with Crippen LogP contribution in [-0.2, 0) is 13.0 Å². The lowest BCUT2D eigenvalue weighted by Gasteiger charge is -2.46. The summed E-state index contributed by atoms with van der Waals surface area (Å²) < 4.78 is 0. The topological polar surface area (TPSA) is 89.9 Å². The Balaban J connectivity index is 1.43. The first-order valence-corrected chi connectivity index (χ1v) is 18.3. The predicted octanol–water partition coefficient (Wildman–Crippen LogP) is 8.73. The summed E-state index contributed by atoms with van der Waals surface area (Å²) in [6.45, 7) is 8.72. The molecule has 4 aromatic carbocycles. The first-order valence-electron chi connectivity index (χ1n) is 18.3. The van der Waals surface area contributed by atoms with Crippen LogP contribution in [0.1, 0.15) is 105 Å². The second kappa shape index (κ2) is 14.9. The zero-order valence-electron chi connectivity index (χ0n) is 30.0. The van der Waals surface area contributed by atoms with Gasteiger partial charge in [0.1, 0.15) is 0 Å². The quantitative estimate of drug-likeness (QED) is 0.135. The maximum Gasteiger partial charge on any atom is 0.317 e. The van der Waals surface area contributed by atoms with Gasteiger partial charge in [-0.3, -0.25) is 4.79 Å². The van der Waals surface area contributed by atoms with Gasteiger partial charge < -0.3 is 20.4 Å². The number of urea groups is 1. The molecule has 0 aromatic heterocycles. The second-order valence-corrected chi connectivity index (χ2v) is 15.2. The molecule has 6 nitrogen and oxygen atoms in total. The third-order valence-corrected chi connectivity index (χ3v) is 11.3. The van der Waals surface area contributed by atoms with Crippen molar-refractivity contribution in [1.29, 1.82) is 0 Å². The predicted molar refractivity (Wildman–Crippen MR) is 201 cm³/mol. The SMILES string of the molecule is CC1=CCCC2(C)C(CCC2(O)CN(Cc2cccc3ccccc23)C(=O)NC(C)C)c2ccc(cc2C(=O)c2ccccc2)CC(O)CC1. The molecule has 1 saturated carbocycles. The van der Waals surface area contributed by atoms with Gasteiger partial charge in [0.2, 0.25) is 0 Å². The van der Waals surface area contributed by atoms with Crippen molar-refractivity contribution >= 4 is 22.6 Å². The second-order valence-electron chi connectivity index (χ2n) is 15.2. The number of rotatable bonds is 7. The number of carbonyl (C=O) groups excluding carboxylic acids is 2. The zero-order valence-corrected chi connectivity index (χ0v) is 30.0. The van der Waals surface area contributed by atoms with Gasteiger partial charge in [-0.25, -0.2) is 4.79 Å². The standard InChI is InChI=1S/C44H52N2O4/c1-30(2)45-42(49)46(28-35-17-10-16-33-13-8-9-18-37(33)35)29-44(50)25-23-40-38-22-20-32(27-39(38)41(48)34-14-6-5-7-15-34)26-36(47)21-19-31(3)12-11-24-43(40,44)4/h5-10,12-18,20,22,27,30,36,40,47,50H,11,19,21,23-26,28-29H2,1-4H3,(H,45,49). The lowest BCUT2D eigenvalue weighted by Crippen LogP contribution is -2.55. The van der Waals surface area contributed by atoms with Crippen LogP contribution in [0, 0.1) is 5.41 Å². The lowest BCUT2D eigenvalue weighted by molar-refractivity contribution is -0.0780. The van der Waals surface area contributed by atoms with Gasteiger partial charge in [-0.2, -0.15) is 0 Å². The minimum absolute atomic E-state index is 0.0496. The van der Waals surface area contributed by atoms with Gasteiger partial charge in [0.25, 0.3) is 0 Å². The molecule has 4 atom stereocenters. The van der Waals surface area contributed by atoms with Crippen molar-refractivity contribution in [3.8, 4) is 0 Å². The molecule has 0 aliphatic heterocycles. The molecule has 7 rings (SSSR count). The number of amides is 2. The number of allylic oxidation sites excluding steroid dienone is 2. The molecule has 1 fully saturated rings. The molecule has 0 heterocycles. The van der Waals surface area contributed by atoms with E-state index in [9.17, 15) is 19.8 Å². The van der Waals surface area contributed by atoms with E-state index in [0.29, 0.717) is 49.8 Å². The van der Waals surface area contributed by atoms with E-state index in [0.717, 1.165) is 40.3 Å². The summed E-state index contributed by atoms with van der Waals surface area (Å²) in [5.41, 5.74) is 3.49. The highest BCUT2D eigenvalue weighted by molar-refractivity contribution is 6.10. The Labute approximate surface area is 297 Å². The minimum atomic E-state index is -1.22. The molecule has 4 unspecified atom stereocenters. The Hall–Kier alpha value is -4.26. The third-order valence-electron chi connectivity index (χ3n) is 11.3. The van der Waals surface area contributed by atoms with Crippen molar-refractivity contribution in [3.05, 3.63) is 130 Å². The van der Waals surface area contributed by atoms with Gasteiger partial charge in [0.05, 0.1) is 18.2 Å². The summed E-state index contributed by atoms with van der Waals surface area (Å²) in [6, 6.07) is 29.6. The third kappa shape index (κ3) is 7.42. The van der Waals surface area contributed by atoms with Crippen LogP contribution in [0.4, 0.5) is 4.79 Å². The number of benzene rings is 4. The van der Waals surface area contributed by atoms with E-state index >= 15 is 0 Å². The fraction of sp³-hybridized carbons (Fsp3) is 0.409. The van der Waals surface area contributed by atoms with E-state index in [1.807, 2.05) is 68.4 Å². The van der Waals surface area contributed by atoms with Crippen LogP contribution in [0.25, 0.3) is 10.8 Å². The highest BCUT2D eigenvalue weighted by Gasteiger charge is 2.57. The van der Waals surface area contributed by atoms with E-state index in [1.54, 1.807) is 4.90 Å². The molecule has 262 valence electrons. The molecule has 3 aliphatic rings. The van der Waals surface area contributed by atoms with Crippen LogP contribution in [-0.4, -0.2) is 51.2 Å². The lowest BCUT2D eigenvalue weighted by atomic mass is 9.64. The highest BCUT2D eigenvalue weighted by atomic mass is 16.3. The number of hydrogen-bond acceptors (Lipinski definition) is 4. The van der Waals surface area contributed by atoms with Crippen LogP contribution in [0.15, 0.2) is 103 Å². The van der Waals surface area contributed by atoms with Crippen molar-refractivity contribution in [2.75, 3.05) is 6.54 Å². The molecule has 0 saturated heterocycles. The molecule has 2 bridgehead atoms. The molecule has 3 aliphatic carbocycles. The molecule has 0 radical (unpaired) electrons. The number of nitrogens with zero attached hydrogens (tertiary/aromatic N) is 1. The van der Waals surface area contributed by atoms with Crippen LogP contribution in [0.2, 0.25) is 0 Å². The van der Waals surface area contributed by atoms with Gasteiger partial charge in [-0.05, 0) is 105 Å². The first kappa shape index (κ1) is 35.6. The Kier molecular flexibility index (Phi) is 10.6. The number of hydrogen-bond donors (Lipinski definition) is 3. The zero-order chi connectivity index (χ0) is 35.5. The summed E-state index contributed by atoms with van der Waals surface area (Å²) in [5, 5.41) is 29.3. The van der Waals surface area contributed by atoms with Gasteiger partial charge in [0, 0.05) is 29.1 Å². The van der Waals surface area contributed by atoms with E-state index < -0.39 is 17.1 Å². The number of fused-ring (bicyclic) bond motifs is 9. The first-order chi connectivity index (χ1) is 24.0. The van der Waals surface area contributed by atoms with Crippen LogP contribution in [0.3, 0.4) is 0 Å². The van der Waals surface area contributed by atoms with Crippen LogP contribution < -0.4 is 5.32 Å². The molecule has 0 spiro atoms. The highest BCUT2D eigenvalue weighted by Crippen LogP contribution is 2.59. The Morgan fingerprint density at radius 1 is 0.940 bits per heavy atom. The Morgan fingerprint density at radius 2 is 1.68 bits per heavy atom. The largest absolute Gasteiger partial charge is 0.393 e. The average molecular weight is 673 g/mol. The van der Waals surface area contributed by atoms with Gasteiger partial charge in [-0.15, -0.1) is 0 Å². The number of ketones is 1. The number of nitrogens with one attached hydrogen (secondary N) is 1. The van der Waals surface area contributed by atoms with Gasteiger partial charge >= 0.3 is 6.03 Å². The Morgan fingerprint density at radius 3 is 2.46 bits per heavy atom. The monoisotopic (exact) mass is 672 g/mol. The van der Waals surface area contributed by atoms with Gasteiger partial charge in [-0.1, -0.05) is 104 Å². The van der Waals surface area contributed by atoms with Crippen molar-refractivity contribution in [3.63, 3.8) is 0 Å². The van der Waals surface area contributed by atoms with E-state index in [4.69, 9.17) is 0 Å². The van der Waals surface area contributed by atoms with E-state index in [2.05, 4.69) is 61.6 Å². The normalized spacial score (nSPS) is 24.0. The van der Waals surface area contributed by atoms with Crippen molar-refractivity contribution in [2.45, 2.75) is 103 Å². The molecular formula is C44H52N2O4. The fourth-order valence-electron chi connectivity index (χ4n) is 8.43. The van der Waals surface area contributed by atoms with E-state index in [1.165, 1.54) is 5.57 Å². The molecular weight excluding hydrogens is 620 g/mol. The smallest absolute Gasteiger partial charge is 0.317 e. The van der Waals surface area contributed by atoms with Gasteiger partial charge in [0.15, 0.2) is 5.78 Å². The van der Waals surface area contributed by atoms with E-state index in [-0.39, 0.29) is 30.3 Å². The van der Waals surface area contributed by atoms with Crippen molar-refractivity contribution in [2.24, 2.45) is 5.41 Å². The maximum atomic E-state index is 14.3. The molecule has 3 N–H and O–H groups in total. The molecule has 50 heavy (non-hydrogen) atoms. The molecule has 2 amide bonds. The van der Waals surface area contributed by atoms with Crippen molar-refractivity contribution in [1.82, 2.24) is 10.2 Å². The van der Waals surface area contributed by atoms with Crippen LogP contribution in [0.5, 0.6) is 0 Å². The number of aliphatic hydroxyl groups is 2. The Bertz CT molecular complexity index is 1860. The molecule has 6 heteroatoms.